The number of aliphatic carboxylic acids is 2. The molecule has 5 N–H and O–H groups in total. The number of alkyl halides is 6. The summed E-state index contributed by atoms with van der Waals surface area (Å²) in [5.74, 6) is -4.75. The van der Waals surface area contributed by atoms with E-state index in [4.69, 9.17) is 24.5 Å². The number of carbonyl (C=O) groups is 3. The minimum Gasteiger partial charge on any atom is -0.497 e. The fraction of sp³-hybridized carbons (Fsp3) is 0.333. The number of aromatic nitrogens is 2. The van der Waals surface area contributed by atoms with Gasteiger partial charge in [0.25, 0.3) is 0 Å². The lowest BCUT2D eigenvalue weighted by atomic mass is 10.1. The van der Waals surface area contributed by atoms with Crippen LogP contribution in [0.3, 0.4) is 0 Å². The van der Waals surface area contributed by atoms with Crippen LogP contribution in [0.25, 0.3) is 11.1 Å². The van der Waals surface area contributed by atoms with Crippen LogP contribution in [0, 0.1) is 0 Å². The first-order valence-electron chi connectivity index (χ1n) is 12.6. The molecule has 0 aliphatic carbocycles. The summed E-state index contributed by atoms with van der Waals surface area (Å²) in [6.45, 7) is 2.12. The summed E-state index contributed by atoms with van der Waals surface area (Å²) >= 11 is 0. The van der Waals surface area contributed by atoms with E-state index in [1.807, 2.05) is 63.7 Å². The fourth-order valence-corrected chi connectivity index (χ4v) is 3.14. The molecule has 3 rings (SSSR count). The maximum Gasteiger partial charge on any atom is 0.490 e. The van der Waals surface area contributed by atoms with Crippen LogP contribution in [0.15, 0.2) is 54.9 Å². The molecule has 18 heteroatoms. The number of amides is 2. The van der Waals surface area contributed by atoms with Crippen molar-refractivity contribution in [1.29, 1.82) is 0 Å². The van der Waals surface area contributed by atoms with Crippen LogP contribution < -0.4 is 20.3 Å². The van der Waals surface area contributed by atoms with Crippen molar-refractivity contribution in [3.05, 3.63) is 60.4 Å². The average Bonchev–Trinajstić information content (AvgIpc) is 3.50. The van der Waals surface area contributed by atoms with Crippen molar-refractivity contribution in [3.63, 3.8) is 0 Å². The highest BCUT2D eigenvalue weighted by Crippen LogP contribution is 2.31. The number of hydrogen-bond donors (Lipinski definition) is 5. The van der Waals surface area contributed by atoms with Gasteiger partial charge in [0.15, 0.2) is 0 Å². The van der Waals surface area contributed by atoms with Crippen molar-refractivity contribution in [1.82, 2.24) is 20.4 Å². The third kappa shape index (κ3) is 14.3. The first-order valence-corrected chi connectivity index (χ1v) is 12.6. The van der Waals surface area contributed by atoms with Crippen molar-refractivity contribution in [3.8, 4) is 16.9 Å². The Hall–Kier alpha value is -5.00. The smallest absolute Gasteiger partial charge is 0.490 e. The number of likely N-dealkylation sites (N-methyl/N-ethyl adjacent to an activating group) is 2. The Morgan fingerprint density at radius 1 is 0.911 bits per heavy atom. The van der Waals surface area contributed by atoms with E-state index in [0.29, 0.717) is 6.54 Å². The molecule has 0 unspecified atom stereocenters. The van der Waals surface area contributed by atoms with Crippen molar-refractivity contribution >= 4 is 29.3 Å². The zero-order valence-corrected chi connectivity index (χ0v) is 24.5. The third-order valence-electron chi connectivity index (χ3n) is 5.44. The van der Waals surface area contributed by atoms with E-state index in [1.165, 1.54) is 0 Å². The average molecular weight is 651 g/mol. The van der Waals surface area contributed by atoms with Gasteiger partial charge >= 0.3 is 30.3 Å². The molecule has 0 fully saturated rings. The number of hydrogen-bond acceptors (Lipinski definition) is 7. The summed E-state index contributed by atoms with van der Waals surface area (Å²) in [5.41, 5.74) is 4.68. The molecule has 0 aliphatic rings. The van der Waals surface area contributed by atoms with Gasteiger partial charge < -0.3 is 35.4 Å². The van der Waals surface area contributed by atoms with E-state index in [-0.39, 0.29) is 6.03 Å². The molecule has 0 saturated carbocycles. The van der Waals surface area contributed by atoms with Gasteiger partial charge in [-0.15, -0.1) is 0 Å². The molecule has 0 radical (unpaired) electrons. The summed E-state index contributed by atoms with van der Waals surface area (Å²) in [4.78, 5) is 34.7. The molecule has 0 bridgehead atoms. The number of anilines is 2. The van der Waals surface area contributed by atoms with E-state index < -0.39 is 24.3 Å². The lowest BCUT2D eigenvalue weighted by Crippen LogP contribution is -2.31. The lowest BCUT2D eigenvalue weighted by molar-refractivity contribution is -0.193. The van der Waals surface area contributed by atoms with Crippen LogP contribution in [-0.2, 0) is 16.1 Å². The molecular weight excluding hydrogens is 618 g/mol. The van der Waals surface area contributed by atoms with Gasteiger partial charge in [0.2, 0.25) is 0 Å². The van der Waals surface area contributed by atoms with Gasteiger partial charge in [-0.05, 0) is 49.5 Å². The second kappa shape index (κ2) is 17.3. The van der Waals surface area contributed by atoms with Crippen LogP contribution in [-0.4, -0.2) is 97.0 Å². The van der Waals surface area contributed by atoms with Gasteiger partial charge in [-0.1, -0.05) is 18.2 Å². The first kappa shape index (κ1) is 38.0. The van der Waals surface area contributed by atoms with Crippen molar-refractivity contribution in [2.24, 2.45) is 0 Å². The van der Waals surface area contributed by atoms with Crippen LogP contribution in [0.2, 0.25) is 0 Å². The van der Waals surface area contributed by atoms with E-state index in [2.05, 4.69) is 36.7 Å². The predicted octanol–water partition coefficient (Wildman–Crippen LogP) is 4.67. The minimum absolute atomic E-state index is 0.263. The Kier molecular flexibility index (Phi) is 14.6. The Bertz CT molecular complexity index is 1360. The molecule has 1 heterocycles. The van der Waals surface area contributed by atoms with Crippen LogP contribution in [0.1, 0.15) is 5.56 Å². The number of benzene rings is 2. The molecule has 3 aromatic rings. The highest BCUT2D eigenvalue weighted by atomic mass is 19.4. The van der Waals surface area contributed by atoms with Gasteiger partial charge in [0.05, 0.1) is 24.7 Å². The largest absolute Gasteiger partial charge is 0.497 e. The number of urea groups is 1. The van der Waals surface area contributed by atoms with Crippen molar-refractivity contribution in [2.45, 2.75) is 18.9 Å². The van der Waals surface area contributed by atoms with Gasteiger partial charge in [-0.2, -0.15) is 31.4 Å². The first-order chi connectivity index (χ1) is 20.8. The number of rotatable bonds is 9. The molecule has 2 amide bonds. The molecule has 1 aromatic heterocycles. The van der Waals surface area contributed by atoms with Crippen molar-refractivity contribution < 1.29 is 55.7 Å². The number of carboxylic acids is 2. The maximum atomic E-state index is 12.6. The molecule has 0 aliphatic heterocycles. The molecule has 45 heavy (non-hydrogen) atoms. The lowest BCUT2D eigenvalue weighted by Gasteiger charge is -2.25. The predicted molar refractivity (Wildman–Crippen MR) is 152 cm³/mol. The summed E-state index contributed by atoms with van der Waals surface area (Å²) in [7, 11) is 7.74. The number of nitrogens with zero attached hydrogens (tertiary/aromatic N) is 3. The number of aromatic amines is 1. The SMILES string of the molecule is COc1cccc(CNC(=O)Nc2ccc(-c3cn[nH]c3)cc2N(C)CCN(C)C)c1.O=C(O)C(F)(F)F.O=C(O)C(F)(F)F. The number of H-pyrrole nitrogens is 1. The summed E-state index contributed by atoms with van der Waals surface area (Å²) in [6.07, 6.45) is -6.53. The number of carbonyl (C=O) groups excluding carboxylic acids is 1. The second-order valence-electron chi connectivity index (χ2n) is 9.21. The van der Waals surface area contributed by atoms with Crippen LogP contribution >= 0.6 is 0 Å². The standard InChI is InChI=1S/C23H30N6O2.2C2HF3O2/c1-28(2)10-11-29(3)22-13-18(19-15-25-26-16-19)8-9-21(22)27-23(30)24-14-17-6-5-7-20(12-17)31-4;2*3-2(4,5)1(6)7/h5-9,12-13,15-16H,10-11,14H2,1-4H3,(H,25,26)(H2,24,27,30);2*(H,6,7). The fourth-order valence-electron chi connectivity index (χ4n) is 3.14. The van der Waals surface area contributed by atoms with Gasteiger partial charge in [0, 0.05) is 38.4 Å². The Morgan fingerprint density at radius 2 is 1.51 bits per heavy atom. The van der Waals surface area contributed by atoms with Gasteiger partial charge in [-0.25, -0.2) is 14.4 Å². The molecule has 2 aromatic carbocycles. The van der Waals surface area contributed by atoms with E-state index in [1.54, 1.807) is 13.3 Å². The quantitative estimate of drug-likeness (QED) is 0.207. The summed E-state index contributed by atoms with van der Waals surface area (Å²) < 4.78 is 68.7. The highest BCUT2D eigenvalue weighted by Gasteiger charge is 2.38. The molecule has 0 atom stereocenters. The van der Waals surface area contributed by atoms with Crippen molar-refractivity contribution in [2.75, 3.05) is 51.6 Å². The molecular formula is C27H32F6N6O6. The number of ether oxygens (including phenoxy) is 1. The normalized spacial score (nSPS) is 10.9. The third-order valence-corrected chi connectivity index (χ3v) is 5.44. The molecule has 248 valence electrons. The summed E-state index contributed by atoms with van der Waals surface area (Å²) in [6, 6.07) is 13.3. The minimum atomic E-state index is -5.08. The van der Waals surface area contributed by atoms with E-state index >= 15 is 0 Å². The Labute approximate surface area is 253 Å². The summed E-state index contributed by atoms with van der Waals surface area (Å²) in [5, 5.41) is 27.0. The van der Waals surface area contributed by atoms with Crippen LogP contribution in [0.4, 0.5) is 42.5 Å². The monoisotopic (exact) mass is 650 g/mol. The zero-order chi connectivity index (χ0) is 34.4. The number of methoxy groups -OCH3 is 1. The maximum absolute atomic E-state index is 12.6. The van der Waals surface area contributed by atoms with Gasteiger partial charge in [0.1, 0.15) is 5.75 Å². The topological polar surface area (TPSA) is 160 Å². The Morgan fingerprint density at radius 3 is 2.00 bits per heavy atom. The van der Waals surface area contributed by atoms with E-state index in [9.17, 15) is 31.1 Å². The molecule has 0 saturated heterocycles. The highest BCUT2D eigenvalue weighted by molar-refractivity contribution is 5.94. The van der Waals surface area contributed by atoms with Gasteiger partial charge in [-0.3, -0.25) is 5.10 Å². The molecule has 12 nitrogen and oxygen atoms in total. The zero-order valence-electron chi connectivity index (χ0n) is 24.5. The number of nitrogens with one attached hydrogen (secondary N) is 3. The van der Waals surface area contributed by atoms with E-state index in [0.717, 1.165) is 46.9 Å². The number of halogens is 6. The second-order valence-corrected chi connectivity index (χ2v) is 9.21. The number of carboxylic acid groups (broad SMARTS) is 2. The van der Waals surface area contributed by atoms with Crippen LogP contribution in [0.5, 0.6) is 5.75 Å². The molecule has 0 spiro atoms. The Balaban J connectivity index is 0.000000601.